The standard InChI is InChI=1S/C21H10Cl4FNO2S/c22-12-3-1-2-11(6-12)19-16-4-5-17(25)20(26)21(16)27-10-18(19)30(28,29)15-8-13(23)7-14(24)9-15/h1-10H. The van der Waals surface area contributed by atoms with E-state index in [4.69, 9.17) is 46.4 Å². The van der Waals surface area contributed by atoms with Crippen LogP contribution in [0.1, 0.15) is 0 Å². The van der Waals surface area contributed by atoms with Gasteiger partial charge in [-0.3, -0.25) is 4.98 Å². The third-order valence-corrected chi connectivity index (χ3v) is 7.15. The van der Waals surface area contributed by atoms with Crippen LogP contribution in [0.25, 0.3) is 22.0 Å². The summed E-state index contributed by atoms with van der Waals surface area (Å²) in [6.45, 7) is 0. The zero-order chi connectivity index (χ0) is 21.6. The zero-order valence-corrected chi connectivity index (χ0v) is 18.7. The first-order chi connectivity index (χ1) is 14.2. The van der Waals surface area contributed by atoms with Gasteiger partial charge in [-0.15, -0.1) is 0 Å². The van der Waals surface area contributed by atoms with Crippen molar-refractivity contribution in [2.24, 2.45) is 0 Å². The van der Waals surface area contributed by atoms with Crippen LogP contribution in [0.4, 0.5) is 4.39 Å². The van der Waals surface area contributed by atoms with E-state index < -0.39 is 15.7 Å². The molecule has 0 radical (unpaired) electrons. The Balaban J connectivity index is 2.12. The van der Waals surface area contributed by atoms with Crippen LogP contribution in [0.3, 0.4) is 0 Å². The van der Waals surface area contributed by atoms with Crippen LogP contribution in [-0.4, -0.2) is 13.4 Å². The lowest BCUT2D eigenvalue weighted by molar-refractivity contribution is 0.596. The lowest BCUT2D eigenvalue weighted by Gasteiger charge is -2.15. The Morgan fingerprint density at radius 1 is 0.833 bits per heavy atom. The molecule has 0 aliphatic rings. The molecule has 1 heterocycles. The molecule has 0 unspecified atom stereocenters. The first-order valence-electron chi connectivity index (χ1n) is 8.42. The molecule has 0 saturated heterocycles. The van der Waals surface area contributed by atoms with Crippen molar-refractivity contribution in [3.63, 3.8) is 0 Å². The molecule has 0 N–H and O–H groups in total. The molecule has 0 fully saturated rings. The molecule has 0 spiro atoms. The van der Waals surface area contributed by atoms with Gasteiger partial charge in [-0.25, -0.2) is 12.8 Å². The van der Waals surface area contributed by atoms with E-state index in [2.05, 4.69) is 4.98 Å². The molecule has 152 valence electrons. The van der Waals surface area contributed by atoms with E-state index in [-0.39, 0.29) is 41.3 Å². The van der Waals surface area contributed by atoms with Crippen molar-refractivity contribution in [1.29, 1.82) is 0 Å². The summed E-state index contributed by atoms with van der Waals surface area (Å²) < 4.78 is 41.6. The Morgan fingerprint density at radius 2 is 1.53 bits per heavy atom. The number of pyridine rings is 1. The van der Waals surface area contributed by atoms with E-state index in [1.54, 1.807) is 24.3 Å². The summed E-state index contributed by atoms with van der Waals surface area (Å²) in [4.78, 5) is 3.80. The number of hydrogen-bond donors (Lipinski definition) is 0. The fraction of sp³-hybridized carbons (Fsp3) is 0. The number of nitrogens with zero attached hydrogens (tertiary/aromatic N) is 1. The number of fused-ring (bicyclic) bond motifs is 1. The second kappa shape index (κ2) is 7.98. The summed E-state index contributed by atoms with van der Waals surface area (Å²) in [6, 6.07) is 13.5. The lowest BCUT2D eigenvalue weighted by Crippen LogP contribution is -2.06. The van der Waals surface area contributed by atoms with Gasteiger partial charge in [0, 0.05) is 32.2 Å². The average Bonchev–Trinajstić information content (AvgIpc) is 2.69. The summed E-state index contributed by atoms with van der Waals surface area (Å²) in [5, 5.41) is 0.868. The van der Waals surface area contributed by atoms with Gasteiger partial charge in [-0.1, -0.05) is 64.6 Å². The van der Waals surface area contributed by atoms with Crippen LogP contribution < -0.4 is 0 Å². The average molecular weight is 501 g/mol. The second-order valence-electron chi connectivity index (χ2n) is 6.37. The Labute approximate surface area is 191 Å². The second-order valence-corrected chi connectivity index (χ2v) is 10.0. The van der Waals surface area contributed by atoms with E-state index in [1.165, 1.54) is 30.3 Å². The van der Waals surface area contributed by atoms with Gasteiger partial charge in [0.05, 0.1) is 14.8 Å². The molecule has 0 amide bonds. The summed E-state index contributed by atoms with van der Waals surface area (Å²) >= 11 is 24.0. The van der Waals surface area contributed by atoms with E-state index in [0.29, 0.717) is 10.6 Å². The maximum Gasteiger partial charge on any atom is 0.208 e. The van der Waals surface area contributed by atoms with Crippen LogP contribution in [0.5, 0.6) is 0 Å². The van der Waals surface area contributed by atoms with Crippen molar-refractivity contribution in [1.82, 2.24) is 4.98 Å². The van der Waals surface area contributed by atoms with Crippen LogP contribution in [0.15, 0.2) is 70.6 Å². The molecule has 3 aromatic carbocycles. The van der Waals surface area contributed by atoms with Gasteiger partial charge in [0.1, 0.15) is 5.52 Å². The molecule has 0 aliphatic carbocycles. The SMILES string of the molecule is O=S(=O)(c1cc(Cl)cc(Cl)c1)c1cnc2c(F)c(Cl)ccc2c1-c1cccc(Cl)c1. The summed E-state index contributed by atoms with van der Waals surface area (Å²) in [7, 11) is -4.12. The van der Waals surface area contributed by atoms with Gasteiger partial charge in [0.15, 0.2) is 5.82 Å². The van der Waals surface area contributed by atoms with Gasteiger partial charge in [0.2, 0.25) is 9.84 Å². The van der Waals surface area contributed by atoms with Gasteiger partial charge < -0.3 is 0 Å². The third-order valence-electron chi connectivity index (χ3n) is 4.44. The van der Waals surface area contributed by atoms with Crippen molar-refractivity contribution >= 4 is 67.1 Å². The first-order valence-corrected chi connectivity index (χ1v) is 11.4. The maximum atomic E-state index is 14.6. The number of hydrogen-bond acceptors (Lipinski definition) is 3. The molecule has 0 saturated carbocycles. The molecule has 0 bridgehead atoms. The predicted molar refractivity (Wildman–Crippen MR) is 119 cm³/mol. The summed E-state index contributed by atoms with van der Waals surface area (Å²) in [5.41, 5.74) is 0.665. The Kier molecular flexibility index (Phi) is 5.68. The molecule has 1 aromatic heterocycles. The van der Waals surface area contributed by atoms with Gasteiger partial charge in [-0.2, -0.15) is 0 Å². The molecule has 0 aliphatic heterocycles. The third kappa shape index (κ3) is 3.77. The summed E-state index contributed by atoms with van der Waals surface area (Å²) in [5.74, 6) is -0.743. The monoisotopic (exact) mass is 499 g/mol. The van der Waals surface area contributed by atoms with Crippen molar-refractivity contribution in [2.45, 2.75) is 9.79 Å². The first kappa shape index (κ1) is 21.3. The van der Waals surface area contributed by atoms with Crippen LogP contribution in [0, 0.1) is 5.82 Å². The minimum absolute atomic E-state index is 0.0550. The molecular weight excluding hydrogens is 491 g/mol. The van der Waals surface area contributed by atoms with E-state index >= 15 is 0 Å². The fourth-order valence-electron chi connectivity index (χ4n) is 3.14. The largest absolute Gasteiger partial charge is 0.252 e. The van der Waals surface area contributed by atoms with Crippen LogP contribution in [0.2, 0.25) is 20.1 Å². The molecule has 9 heteroatoms. The molecule has 3 nitrogen and oxygen atoms in total. The highest BCUT2D eigenvalue weighted by Gasteiger charge is 2.26. The fourth-order valence-corrected chi connectivity index (χ4v) is 5.65. The highest BCUT2D eigenvalue weighted by atomic mass is 35.5. The van der Waals surface area contributed by atoms with Gasteiger partial charge in [0.25, 0.3) is 0 Å². The van der Waals surface area contributed by atoms with Crippen molar-refractivity contribution in [2.75, 3.05) is 0 Å². The van der Waals surface area contributed by atoms with E-state index in [9.17, 15) is 12.8 Å². The molecule has 0 atom stereocenters. The number of halogens is 5. The van der Waals surface area contributed by atoms with Crippen molar-refractivity contribution in [3.05, 3.63) is 86.7 Å². The molecule has 4 rings (SSSR count). The minimum atomic E-state index is -4.12. The van der Waals surface area contributed by atoms with E-state index in [1.807, 2.05) is 0 Å². The van der Waals surface area contributed by atoms with E-state index in [0.717, 1.165) is 6.20 Å². The Morgan fingerprint density at radius 3 is 2.20 bits per heavy atom. The molecular formula is C21H10Cl4FNO2S. The maximum absolute atomic E-state index is 14.6. The molecule has 30 heavy (non-hydrogen) atoms. The van der Waals surface area contributed by atoms with Gasteiger partial charge in [-0.05, 0) is 42.0 Å². The van der Waals surface area contributed by atoms with Crippen molar-refractivity contribution in [3.8, 4) is 11.1 Å². The number of aromatic nitrogens is 1. The highest BCUT2D eigenvalue weighted by molar-refractivity contribution is 7.91. The molecule has 4 aromatic rings. The normalized spacial score (nSPS) is 11.8. The number of sulfone groups is 1. The Bertz CT molecular complexity index is 1400. The number of rotatable bonds is 3. The predicted octanol–water partition coefficient (Wildman–Crippen LogP) is 7.49. The zero-order valence-electron chi connectivity index (χ0n) is 14.8. The highest BCUT2D eigenvalue weighted by Crippen LogP contribution is 2.39. The quantitative estimate of drug-likeness (QED) is 0.292. The van der Waals surface area contributed by atoms with Crippen LogP contribution in [-0.2, 0) is 9.84 Å². The lowest BCUT2D eigenvalue weighted by atomic mass is 10.0. The summed E-state index contributed by atoms with van der Waals surface area (Å²) in [6.07, 6.45) is 1.10. The topological polar surface area (TPSA) is 47.0 Å². The minimum Gasteiger partial charge on any atom is -0.252 e. The van der Waals surface area contributed by atoms with Crippen molar-refractivity contribution < 1.29 is 12.8 Å². The Hall–Kier alpha value is -1.89. The van der Waals surface area contributed by atoms with Gasteiger partial charge >= 0.3 is 0 Å². The smallest absolute Gasteiger partial charge is 0.208 e. The van der Waals surface area contributed by atoms with Crippen LogP contribution >= 0.6 is 46.4 Å². The number of benzene rings is 3.